The molecule has 1 N–H and O–H groups in total. The van der Waals surface area contributed by atoms with Crippen LogP contribution in [0.1, 0.15) is 30.1 Å². The molecule has 2 heterocycles. The van der Waals surface area contributed by atoms with Gasteiger partial charge in [-0.05, 0) is 90.1 Å². The van der Waals surface area contributed by atoms with Gasteiger partial charge in [-0.1, -0.05) is 0 Å². The Kier molecular flexibility index (Phi) is 4.38. The van der Waals surface area contributed by atoms with E-state index < -0.39 is 0 Å². The van der Waals surface area contributed by atoms with E-state index in [9.17, 15) is 4.79 Å². The third-order valence-corrected chi connectivity index (χ3v) is 6.86. The molecule has 1 aliphatic heterocycles. The van der Waals surface area contributed by atoms with Crippen molar-refractivity contribution in [2.24, 2.45) is 0 Å². The minimum atomic E-state index is -0.0255. The van der Waals surface area contributed by atoms with E-state index in [1.165, 1.54) is 0 Å². The molecular weight excluding hydrogens is 445 g/mol. The summed E-state index contributed by atoms with van der Waals surface area (Å²) in [6.45, 7) is 4.13. The number of aromatic amines is 1. The number of rotatable bonds is 1. The molecule has 0 atom stereocenters. The Morgan fingerprint density at radius 3 is 2.76 bits per heavy atom. The highest BCUT2D eigenvalue weighted by molar-refractivity contribution is 14.1. The second-order valence-electron chi connectivity index (χ2n) is 5.72. The van der Waals surface area contributed by atoms with Crippen molar-refractivity contribution in [3.05, 3.63) is 35.9 Å². The lowest BCUT2D eigenvalue weighted by molar-refractivity contribution is 0.251. The maximum atomic E-state index is 12.4. The summed E-state index contributed by atoms with van der Waals surface area (Å²) in [5, 5.41) is 0.678. The zero-order valence-corrected chi connectivity index (χ0v) is 15.8. The van der Waals surface area contributed by atoms with Gasteiger partial charge in [0.25, 0.3) is 5.56 Å². The molecule has 1 fully saturated rings. The molecule has 1 aliphatic rings. The maximum Gasteiger partial charge on any atom is 0.258 e. The number of benzene rings is 1. The smallest absolute Gasteiger partial charge is 0.258 e. The number of hydrogen-bond donors (Lipinski definition) is 1. The lowest BCUT2D eigenvalue weighted by Gasteiger charge is -2.28. The van der Waals surface area contributed by atoms with Crippen molar-refractivity contribution in [2.45, 2.75) is 25.7 Å². The van der Waals surface area contributed by atoms with Crippen molar-refractivity contribution >= 4 is 49.4 Å². The molecule has 2 aromatic rings. The van der Waals surface area contributed by atoms with Crippen LogP contribution >= 0.6 is 38.5 Å². The number of likely N-dealkylation sites (tertiary alicyclic amines) is 1. The number of fused-ring (bicyclic) bond motifs is 1. The summed E-state index contributed by atoms with van der Waals surface area (Å²) in [6, 6.07) is 1.90. The molecule has 21 heavy (non-hydrogen) atoms. The molecule has 1 aromatic carbocycles. The van der Waals surface area contributed by atoms with Crippen molar-refractivity contribution < 1.29 is 0 Å². The number of nitrogens with zero attached hydrogens (tertiary/aromatic N) is 2. The minimum absolute atomic E-state index is 0.0255. The number of piperidine rings is 1. The number of halogens is 2. The first-order valence-corrected chi connectivity index (χ1v) is 8.91. The number of aromatic nitrogens is 2. The molecule has 3 rings (SSSR count). The average Bonchev–Trinajstić information content (AvgIpc) is 2.47. The number of hydrogen-bond acceptors (Lipinski definition) is 3. The quantitative estimate of drug-likeness (QED) is 0.662. The molecule has 0 radical (unpaired) electrons. The van der Waals surface area contributed by atoms with E-state index in [1.54, 1.807) is 0 Å². The highest BCUT2D eigenvalue weighted by atomic mass is 127. The van der Waals surface area contributed by atoms with Gasteiger partial charge < -0.3 is 9.88 Å². The van der Waals surface area contributed by atoms with Crippen LogP contribution in [-0.4, -0.2) is 35.0 Å². The van der Waals surface area contributed by atoms with E-state index in [2.05, 4.69) is 55.5 Å². The second kappa shape index (κ2) is 5.96. The molecule has 0 spiro atoms. The molecule has 0 saturated carbocycles. The van der Waals surface area contributed by atoms with Gasteiger partial charge in [-0.25, -0.2) is 4.98 Å². The number of nitrogens with one attached hydrogen (secondary N) is 1. The lowest BCUT2D eigenvalue weighted by atomic mass is 9.96. The summed E-state index contributed by atoms with van der Waals surface area (Å²) < 4.78 is 2.07. The third-order valence-electron chi connectivity index (χ3n) is 4.24. The Labute approximate surface area is 145 Å². The van der Waals surface area contributed by atoms with Gasteiger partial charge in [0, 0.05) is 14.0 Å². The molecule has 112 valence electrons. The molecule has 4 nitrogen and oxygen atoms in total. The molecule has 6 heteroatoms. The third kappa shape index (κ3) is 2.90. The molecule has 1 aromatic heterocycles. The van der Waals surface area contributed by atoms with Crippen molar-refractivity contribution in [2.75, 3.05) is 20.1 Å². The first kappa shape index (κ1) is 15.4. The number of aryl methyl sites for hydroxylation is 1. The molecular formula is C15H17BrIN3O. The summed E-state index contributed by atoms with van der Waals surface area (Å²) in [4.78, 5) is 22.5. The van der Waals surface area contributed by atoms with Crippen LogP contribution in [0.2, 0.25) is 0 Å². The summed E-state index contributed by atoms with van der Waals surface area (Å²) in [7, 11) is 2.13. The van der Waals surface area contributed by atoms with Crippen LogP contribution < -0.4 is 5.56 Å². The highest BCUT2D eigenvalue weighted by Crippen LogP contribution is 2.30. The van der Waals surface area contributed by atoms with Crippen molar-refractivity contribution in [1.29, 1.82) is 0 Å². The van der Waals surface area contributed by atoms with Gasteiger partial charge in [-0.3, -0.25) is 4.79 Å². The van der Waals surface area contributed by atoms with Gasteiger partial charge in [0.05, 0.1) is 10.9 Å². The van der Waals surface area contributed by atoms with Crippen LogP contribution in [0.5, 0.6) is 0 Å². The fraction of sp³-hybridized carbons (Fsp3) is 0.467. The fourth-order valence-electron chi connectivity index (χ4n) is 2.87. The molecule has 1 saturated heterocycles. The fourth-order valence-corrected chi connectivity index (χ4v) is 3.89. The van der Waals surface area contributed by atoms with Crippen LogP contribution in [0.25, 0.3) is 10.9 Å². The van der Waals surface area contributed by atoms with Gasteiger partial charge in [0.15, 0.2) is 0 Å². The number of H-pyrrole nitrogens is 1. The SMILES string of the molecule is Cc1c(Br)c(I)cc2c(=O)[nH]c(C3CCN(C)CC3)nc12. The zero-order valence-electron chi connectivity index (χ0n) is 12.0. The lowest BCUT2D eigenvalue weighted by Crippen LogP contribution is -2.30. The van der Waals surface area contributed by atoms with E-state index in [0.717, 1.165) is 50.9 Å². The van der Waals surface area contributed by atoms with Crippen molar-refractivity contribution in [3.63, 3.8) is 0 Å². The van der Waals surface area contributed by atoms with E-state index in [0.29, 0.717) is 11.3 Å². The van der Waals surface area contributed by atoms with Gasteiger partial charge in [-0.15, -0.1) is 0 Å². The zero-order chi connectivity index (χ0) is 15.1. The predicted octanol–water partition coefficient (Wildman–Crippen LogP) is 3.41. The van der Waals surface area contributed by atoms with Crippen molar-refractivity contribution in [1.82, 2.24) is 14.9 Å². The topological polar surface area (TPSA) is 49.0 Å². The molecule has 0 aliphatic carbocycles. The molecule has 0 bridgehead atoms. The summed E-state index contributed by atoms with van der Waals surface area (Å²) in [5.41, 5.74) is 1.83. The second-order valence-corrected chi connectivity index (χ2v) is 7.68. The van der Waals surface area contributed by atoms with E-state index >= 15 is 0 Å². The first-order chi connectivity index (χ1) is 9.97. The summed E-state index contributed by atoms with van der Waals surface area (Å²) in [6.07, 6.45) is 2.10. The van der Waals surface area contributed by atoms with Gasteiger partial charge in [-0.2, -0.15) is 0 Å². The van der Waals surface area contributed by atoms with Crippen LogP contribution in [0.4, 0.5) is 0 Å². The van der Waals surface area contributed by atoms with Crippen molar-refractivity contribution in [3.8, 4) is 0 Å². The maximum absolute atomic E-state index is 12.4. The van der Waals surface area contributed by atoms with Crippen LogP contribution in [0.15, 0.2) is 15.3 Å². The van der Waals surface area contributed by atoms with Crippen LogP contribution in [0.3, 0.4) is 0 Å². The monoisotopic (exact) mass is 461 g/mol. The molecule has 0 unspecified atom stereocenters. The van der Waals surface area contributed by atoms with E-state index in [1.807, 2.05) is 13.0 Å². The Morgan fingerprint density at radius 1 is 1.43 bits per heavy atom. The molecule has 0 amide bonds. The average molecular weight is 462 g/mol. The largest absolute Gasteiger partial charge is 0.310 e. The minimum Gasteiger partial charge on any atom is -0.310 e. The Balaban J connectivity index is 2.12. The van der Waals surface area contributed by atoms with Gasteiger partial charge in [0.2, 0.25) is 0 Å². The Hall–Kier alpha value is -0.470. The van der Waals surface area contributed by atoms with Crippen LogP contribution in [-0.2, 0) is 0 Å². The van der Waals surface area contributed by atoms with E-state index in [-0.39, 0.29) is 5.56 Å². The highest BCUT2D eigenvalue weighted by Gasteiger charge is 2.22. The first-order valence-electron chi connectivity index (χ1n) is 7.04. The summed E-state index contributed by atoms with van der Waals surface area (Å²) >= 11 is 5.82. The summed E-state index contributed by atoms with van der Waals surface area (Å²) in [5.74, 6) is 1.20. The predicted molar refractivity (Wildman–Crippen MR) is 97.0 cm³/mol. The Morgan fingerprint density at radius 2 is 2.10 bits per heavy atom. The standard InChI is InChI=1S/C15H17BrIN3O/c1-8-12(16)11(17)7-10-13(8)18-14(19-15(10)21)9-3-5-20(2)6-4-9/h7,9H,3-6H2,1-2H3,(H,18,19,21). The normalized spacial score (nSPS) is 17.5. The van der Waals surface area contributed by atoms with Gasteiger partial charge in [0.1, 0.15) is 5.82 Å². The van der Waals surface area contributed by atoms with Gasteiger partial charge >= 0.3 is 0 Å². The van der Waals surface area contributed by atoms with Crippen LogP contribution in [0, 0.1) is 10.5 Å². The van der Waals surface area contributed by atoms with E-state index in [4.69, 9.17) is 4.98 Å². The Bertz CT molecular complexity index is 751.